The first-order valence-corrected chi connectivity index (χ1v) is 15.7. The maximum atomic E-state index is 9.40. The zero-order valence-electron chi connectivity index (χ0n) is 23.0. The predicted octanol–water partition coefficient (Wildman–Crippen LogP) is 3.85. The van der Waals surface area contributed by atoms with Crippen LogP contribution >= 0.6 is 10.7 Å². The number of morpholine rings is 1. The summed E-state index contributed by atoms with van der Waals surface area (Å²) in [6.07, 6.45) is 6.03. The zero-order chi connectivity index (χ0) is 28.0. The lowest BCUT2D eigenvalue weighted by atomic mass is 10.0. The second-order valence-corrected chi connectivity index (χ2v) is 12.2. The molecule has 2 heterocycles. The highest BCUT2D eigenvalue weighted by atomic mass is 35.7. The van der Waals surface area contributed by atoms with E-state index in [4.69, 9.17) is 19.9 Å². The number of nitrogens with one attached hydrogen (secondary N) is 1. The second-order valence-electron chi connectivity index (χ2n) is 9.12. The molecule has 10 nitrogen and oxygen atoms in total. The number of aromatic nitrogens is 2. The summed E-state index contributed by atoms with van der Waals surface area (Å²) in [6.45, 7) is 10.4. The number of hydrogen-bond acceptors (Lipinski definition) is 10. The molecule has 0 radical (unpaired) electrons. The van der Waals surface area contributed by atoms with E-state index in [2.05, 4.69) is 43.9 Å². The number of hydrogen-bond donors (Lipinski definition) is 2. The molecule has 214 valence electrons. The number of methoxy groups -OCH3 is 1. The molecule has 0 saturated carbocycles. The van der Waals surface area contributed by atoms with E-state index in [-0.39, 0.29) is 0 Å². The molecule has 12 heteroatoms. The van der Waals surface area contributed by atoms with Gasteiger partial charge in [0.2, 0.25) is 15.0 Å². The Labute approximate surface area is 231 Å². The highest BCUT2D eigenvalue weighted by molar-refractivity contribution is 8.13. The quantitative estimate of drug-likeness (QED) is 0.270. The van der Waals surface area contributed by atoms with Crippen molar-refractivity contribution in [2.75, 3.05) is 70.4 Å². The van der Waals surface area contributed by atoms with Crippen molar-refractivity contribution in [3.05, 3.63) is 35.0 Å². The van der Waals surface area contributed by atoms with Gasteiger partial charge in [0.1, 0.15) is 17.3 Å². The summed E-state index contributed by atoms with van der Waals surface area (Å²) in [5.41, 5.74) is 8.90. The van der Waals surface area contributed by atoms with E-state index in [0.29, 0.717) is 19.0 Å². The minimum Gasteiger partial charge on any atom is -0.496 e. The molecule has 1 aromatic heterocycles. The summed E-state index contributed by atoms with van der Waals surface area (Å²) in [5.74, 6) is 2.72. The predicted molar refractivity (Wildman–Crippen MR) is 153 cm³/mol. The summed E-state index contributed by atoms with van der Waals surface area (Å²) >= 11 is 0. The first kappa shape index (κ1) is 31.9. The molecule has 1 aromatic carbocycles. The lowest BCUT2D eigenvalue weighted by Crippen LogP contribution is -2.37. The van der Waals surface area contributed by atoms with Crippen molar-refractivity contribution in [3.8, 4) is 11.5 Å². The number of unbranched alkanes of at least 4 members (excludes halogenated alkanes) is 2. The maximum absolute atomic E-state index is 9.40. The highest BCUT2D eigenvalue weighted by Gasteiger charge is 2.15. The smallest absolute Gasteiger partial charge is 0.229 e. The van der Waals surface area contributed by atoms with Crippen LogP contribution in [0.1, 0.15) is 49.4 Å². The second kappa shape index (κ2) is 16.6. The summed E-state index contributed by atoms with van der Waals surface area (Å²) < 4.78 is 35.9. The molecule has 0 spiro atoms. The van der Waals surface area contributed by atoms with E-state index in [1.165, 1.54) is 12.8 Å². The van der Waals surface area contributed by atoms with Gasteiger partial charge in [-0.25, -0.2) is 13.4 Å². The van der Waals surface area contributed by atoms with Crippen LogP contribution in [0.4, 0.5) is 11.8 Å². The van der Waals surface area contributed by atoms with E-state index < -0.39 is 9.05 Å². The minimum atomic E-state index is -3.19. The Morgan fingerprint density at radius 1 is 1.18 bits per heavy atom. The van der Waals surface area contributed by atoms with Crippen LogP contribution in [0.5, 0.6) is 11.5 Å². The molecule has 0 unspecified atom stereocenters. The average molecular weight is 572 g/mol. The third-order valence-corrected chi connectivity index (χ3v) is 5.92. The normalized spacial score (nSPS) is 13.9. The fraction of sp³-hybridized carbons (Fsp3) is 0.615. The van der Waals surface area contributed by atoms with Crippen LogP contribution in [0, 0.1) is 6.92 Å². The molecule has 1 fully saturated rings. The fourth-order valence-corrected chi connectivity index (χ4v) is 4.01. The van der Waals surface area contributed by atoms with Crippen molar-refractivity contribution in [1.29, 1.82) is 0 Å². The Balaban J connectivity index is 0.000000926. The summed E-state index contributed by atoms with van der Waals surface area (Å²) in [4.78, 5) is 11.3. The molecular formula is C26H42ClN5O5S. The zero-order valence-corrected chi connectivity index (χ0v) is 24.5. The molecular weight excluding hydrogens is 530 g/mol. The molecule has 0 atom stereocenters. The van der Waals surface area contributed by atoms with Crippen LogP contribution in [-0.4, -0.2) is 82.7 Å². The number of ether oxygens (including phenoxy) is 3. The highest BCUT2D eigenvalue weighted by Crippen LogP contribution is 2.30. The molecule has 2 aromatic rings. The number of nitrogen functional groups attached to an aromatic ring is 1. The standard InChI is InChI=1S/C25H39N5O3.CH3ClO2S/c1-4-5-6-10-27-24-22(19(2)28-25(26)29-24)17-20-8-9-21(18-23(20)31-3)33-14-7-11-30-12-15-32-16-13-30;1-5(2,3)4/h8-9,18H,4-7,10-17H2,1-3H3,(H3,26,27,28,29);1H3. The van der Waals surface area contributed by atoms with Crippen LogP contribution in [0.25, 0.3) is 0 Å². The number of halogens is 1. The number of nitrogens with zero attached hydrogens (tertiary/aromatic N) is 3. The molecule has 1 aliphatic heterocycles. The lowest BCUT2D eigenvalue weighted by Gasteiger charge is -2.26. The topological polar surface area (TPSA) is 129 Å². The molecule has 3 N–H and O–H groups in total. The Hall–Kier alpha value is -2.34. The van der Waals surface area contributed by atoms with E-state index in [1.54, 1.807) is 7.11 Å². The first-order chi connectivity index (χ1) is 18.1. The molecule has 1 aliphatic rings. The van der Waals surface area contributed by atoms with Crippen molar-refractivity contribution in [1.82, 2.24) is 14.9 Å². The van der Waals surface area contributed by atoms with Crippen LogP contribution in [0.15, 0.2) is 18.2 Å². The average Bonchev–Trinajstić information content (AvgIpc) is 2.86. The molecule has 38 heavy (non-hydrogen) atoms. The van der Waals surface area contributed by atoms with Crippen molar-refractivity contribution in [2.24, 2.45) is 0 Å². The Morgan fingerprint density at radius 2 is 1.89 bits per heavy atom. The van der Waals surface area contributed by atoms with Crippen molar-refractivity contribution < 1.29 is 22.6 Å². The van der Waals surface area contributed by atoms with E-state index in [9.17, 15) is 8.42 Å². The minimum absolute atomic E-state index is 0.294. The van der Waals surface area contributed by atoms with E-state index >= 15 is 0 Å². The fourth-order valence-electron chi connectivity index (χ4n) is 4.01. The monoisotopic (exact) mass is 571 g/mol. The van der Waals surface area contributed by atoms with Crippen LogP contribution < -0.4 is 20.5 Å². The summed E-state index contributed by atoms with van der Waals surface area (Å²) in [6, 6.07) is 6.03. The number of aryl methyl sites for hydroxylation is 1. The number of nitrogens with two attached hydrogens (primary N) is 1. The van der Waals surface area contributed by atoms with Crippen LogP contribution in [-0.2, 0) is 20.2 Å². The van der Waals surface area contributed by atoms with Gasteiger partial charge >= 0.3 is 0 Å². The van der Waals surface area contributed by atoms with Gasteiger partial charge in [0.25, 0.3) is 0 Å². The van der Waals surface area contributed by atoms with Crippen LogP contribution in [0.3, 0.4) is 0 Å². The molecule has 0 aliphatic carbocycles. The molecule has 0 bridgehead atoms. The lowest BCUT2D eigenvalue weighted by molar-refractivity contribution is 0.0358. The molecule has 1 saturated heterocycles. The Kier molecular flexibility index (Phi) is 13.9. The summed E-state index contributed by atoms with van der Waals surface area (Å²) in [7, 11) is 3.00. The van der Waals surface area contributed by atoms with Crippen molar-refractivity contribution in [2.45, 2.75) is 46.0 Å². The van der Waals surface area contributed by atoms with Gasteiger partial charge < -0.3 is 25.3 Å². The van der Waals surface area contributed by atoms with Crippen molar-refractivity contribution in [3.63, 3.8) is 0 Å². The first-order valence-electron chi connectivity index (χ1n) is 13.0. The number of benzene rings is 1. The Bertz CT molecular complexity index is 1090. The third-order valence-electron chi connectivity index (χ3n) is 5.92. The number of anilines is 2. The van der Waals surface area contributed by atoms with Gasteiger partial charge in [0.15, 0.2) is 0 Å². The number of rotatable bonds is 13. The van der Waals surface area contributed by atoms with Crippen LogP contribution in [0.2, 0.25) is 0 Å². The van der Waals surface area contributed by atoms with Gasteiger partial charge in [-0.1, -0.05) is 25.8 Å². The van der Waals surface area contributed by atoms with Gasteiger partial charge in [-0.05, 0) is 31.4 Å². The maximum Gasteiger partial charge on any atom is 0.229 e. The van der Waals surface area contributed by atoms with Crippen molar-refractivity contribution >= 4 is 31.5 Å². The molecule has 3 rings (SSSR count). The van der Waals surface area contributed by atoms with Gasteiger partial charge in [0, 0.05) is 60.6 Å². The van der Waals surface area contributed by atoms with Gasteiger partial charge in [-0.2, -0.15) is 4.98 Å². The van der Waals surface area contributed by atoms with Gasteiger partial charge in [-0.3, -0.25) is 4.90 Å². The van der Waals surface area contributed by atoms with Gasteiger partial charge in [-0.15, -0.1) is 0 Å². The molecule has 0 amide bonds. The Morgan fingerprint density at radius 3 is 2.55 bits per heavy atom. The SMILES string of the molecule is CCCCCNc1nc(N)nc(C)c1Cc1ccc(OCCCN2CCOCC2)cc1OC.CS(=O)(=O)Cl. The van der Waals surface area contributed by atoms with Gasteiger partial charge in [0.05, 0.1) is 33.2 Å². The summed E-state index contributed by atoms with van der Waals surface area (Å²) in [5, 5.41) is 3.45. The largest absolute Gasteiger partial charge is 0.496 e. The van der Waals surface area contributed by atoms with E-state index in [1.807, 2.05) is 19.1 Å². The third kappa shape index (κ3) is 12.5. The van der Waals surface area contributed by atoms with E-state index in [0.717, 1.165) is 92.6 Å².